The van der Waals surface area contributed by atoms with E-state index >= 15 is 0 Å². The minimum atomic E-state index is 0.0715. The second-order valence-corrected chi connectivity index (χ2v) is 7.30. The van der Waals surface area contributed by atoms with Crippen LogP contribution in [0.1, 0.15) is 31.4 Å². The van der Waals surface area contributed by atoms with Gasteiger partial charge < -0.3 is 4.90 Å². The van der Waals surface area contributed by atoms with E-state index in [0.29, 0.717) is 25.2 Å². The molecule has 0 unspecified atom stereocenters. The fraction of sp³-hybridized carbons (Fsp3) is 0.444. The van der Waals surface area contributed by atoms with Crippen LogP contribution in [0.2, 0.25) is 0 Å². The Hall–Kier alpha value is -2.08. The Balaban J connectivity index is 1.47. The van der Waals surface area contributed by atoms with E-state index in [1.807, 2.05) is 28.5 Å². The summed E-state index contributed by atoms with van der Waals surface area (Å²) in [6, 6.07) is 5.84. The summed E-state index contributed by atoms with van der Waals surface area (Å²) in [5.74, 6) is 0.507. The van der Waals surface area contributed by atoms with E-state index in [4.69, 9.17) is 0 Å². The van der Waals surface area contributed by atoms with Gasteiger partial charge in [-0.2, -0.15) is 0 Å². The summed E-state index contributed by atoms with van der Waals surface area (Å²) in [6.07, 6.45) is 5.49. The monoisotopic (exact) mass is 341 g/mol. The molecule has 1 aliphatic carbocycles. The third-order valence-electron chi connectivity index (χ3n) is 4.98. The van der Waals surface area contributed by atoms with Gasteiger partial charge in [0.25, 0.3) is 0 Å². The molecule has 1 amide bonds. The molecular weight excluding hydrogens is 322 g/mol. The second kappa shape index (κ2) is 6.43. The molecule has 0 aromatic carbocycles. The molecule has 0 bridgehead atoms. The van der Waals surface area contributed by atoms with Crippen molar-refractivity contribution in [1.82, 2.24) is 14.9 Å². The zero-order valence-electron chi connectivity index (χ0n) is 13.4. The number of aromatic nitrogens is 2. The molecule has 6 heteroatoms. The van der Waals surface area contributed by atoms with Gasteiger partial charge in [0, 0.05) is 36.5 Å². The fourth-order valence-electron chi connectivity index (χ4n) is 3.83. The van der Waals surface area contributed by atoms with Gasteiger partial charge >= 0.3 is 0 Å². The number of hydrogen-bond donors (Lipinski definition) is 0. The SMILES string of the molecule is O=C1CCN(C(=O)Cc2csc(-c3ccccn3)n2)[C@H]2CCC[C@@H]12. The van der Waals surface area contributed by atoms with Gasteiger partial charge in [-0.1, -0.05) is 12.5 Å². The molecule has 24 heavy (non-hydrogen) atoms. The van der Waals surface area contributed by atoms with Crippen LogP contribution in [-0.2, 0) is 16.0 Å². The molecule has 0 N–H and O–H groups in total. The van der Waals surface area contributed by atoms with Crippen molar-refractivity contribution in [3.63, 3.8) is 0 Å². The molecular formula is C18H19N3O2S. The van der Waals surface area contributed by atoms with Gasteiger partial charge in [-0.25, -0.2) is 4.98 Å². The Morgan fingerprint density at radius 2 is 2.25 bits per heavy atom. The van der Waals surface area contributed by atoms with E-state index in [-0.39, 0.29) is 17.9 Å². The van der Waals surface area contributed by atoms with Gasteiger partial charge in [0.15, 0.2) is 0 Å². The summed E-state index contributed by atoms with van der Waals surface area (Å²) < 4.78 is 0. The molecule has 0 radical (unpaired) electrons. The van der Waals surface area contributed by atoms with Crippen LogP contribution < -0.4 is 0 Å². The van der Waals surface area contributed by atoms with Crippen molar-refractivity contribution in [2.75, 3.05) is 6.54 Å². The molecule has 124 valence electrons. The third-order valence-corrected chi connectivity index (χ3v) is 5.89. The number of piperidine rings is 1. The third kappa shape index (κ3) is 2.86. The van der Waals surface area contributed by atoms with Crippen LogP contribution in [-0.4, -0.2) is 39.1 Å². The Labute approximate surface area is 144 Å². The van der Waals surface area contributed by atoms with Crippen LogP contribution in [0, 0.1) is 5.92 Å². The van der Waals surface area contributed by atoms with Crippen molar-refractivity contribution in [2.45, 2.75) is 38.1 Å². The fourth-order valence-corrected chi connectivity index (χ4v) is 4.63. The van der Waals surface area contributed by atoms with Gasteiger partial charge in [0.05, 0.1) is 17.8 Å². The highest BCUT2D eigenvalue weighted by Gasteiger charge is 2.41. The number of carbonyl (C=O) groups is 2. The van der Waals surface area contributed by atoms with E-state index < -0.39 is 0 Å². The number of carbonyl (C=O) groups excluding carboxylic acids is 2. The molecule has 1 aliphatic heterocycles. The molecule has 1 saturated heterocycles. The lowest BCUT2D eigenvalue weighted by Gasteiger charge is -2.36. The summed E-state index contributed by atoms with van der Waals surface area (Å²) >= 11 is 1.51. The number of Topliss-reactive ketones (excluding diaryl/α,β-unsaturated/α-hetero) is 1. The van der Waals surface area contributed by atoms with Crippen molar-refractivity contribution in [3.8, 4) is 10.7 Å². The molecule has 2 aromatic rings. The normalized spacial score (nSPS) is 23.3. The van der Waals surface area contributed by atoms with E-state index in [9.17, 15) is 9.59 Å². The summed E-state index contributed by atoms with van der Waals surface area (Å²) in [4.78, 5) is 35.5. The number of hydrogen-bond acceptors (Lipinski definition) is 5. The van der Waals surface area contributed by atoms with Gasteiger partial charge in [0.1, 0.15) is 10.8 Å². The lowest BCUT2D eigenvalue weighted by atomic mass is 9.90. The number of rotatable bonds is 3. The number of thiazole rings is 1. The Kier molecular flexibility index (Phi) is 4.14. The van der Waals surface area contributed by atoms with Crippen molar-refractivity contribution >= 4 is 23.0 Å². The average Bonchev–Trinajstić information content (AvgIpc) is 3.26. The first-order valence-corrected chi connectivity index (χ1v) is 9.28. The van der Waals surface area contributed by atoms with Crippen LogP contribution in [0.15, 0.2) is 29.8 Å². The van der Waals surface area contributed by atoms with Gasteiger partial charge in [-0.3, -0.25) is 14.6 Å². The summed E-state index contributed by atoms with van der Waals surface area (Å²) in [5, 5.41) is 2.77. The summed E-state index contributed by atoms with van der Waals surface area (Å²) in [7, 11) is 0. The van der Waals surface area contributed by atoms with E-state index in [1.165, 1.54) is 11.3 Å². The topological polar surface area (TPSA) is 63.2 Å². The highest BCUT2D eigenvalue weighted by Crippen LogP contribution is 2.35. The smallest absolute Gasteiger partial charge is 0.228 e. The molecule has 0 spiro atoms. The zero-order valence-corrected chi connectivity index (χ0v) is 14.2. The minimum absolute atomic E-state index is 0.0715. The standard InChI is InChI=1S/C18H19N3O2S/c22-16-7-9-21(15-6-3-4-13(15)16)17(23)10-12-11-24-18(20-12)14-5-1-2-8-19-14/h1-2,5,8,11,13,15H,3-4,6-7,9-10H2/t13-,15+/m1/s1. The molecule has 1 saturated carbocycles. The number of likely N-dealkylation sites (tertiary alicyclic amines) is 1. The average molecular weight is 341 g/mol. The maximum absolute atomic E-state index is 12.7. The van der Waals surface area contributed by atoms with Crippen molar-refractivity contribution < 1.29 is 9.59 Å². The number of nitrogens with zero attached hydrogens (tertiary/aromatic N) is 3. The molecule has 4 rings (SSSR count). The van der Waals surface area contributed by atoms with Gasteiger partial charge in [0.2, 0.25) is 5.91 Å². The quantitative estimate of drug-likeness (QED) is 0.861. The number of pyridine rings is 1. The van der Waals surface area contributed by atoms with E-state index in [2.05, 4.69) is 9.97 Å². The molecule has 5 nitrogen and oxygen atoms in total. The molecule has 2 aliphatic rings. The van der Waals surface area contributed by atoms with Crippen molar-refractivity contribution in [2.24, 2.45) is 5.92 Å². The predicted octanol–water partition coefficient (Wildman–Crippen LogP) is 2.72. The highest BCUT2D eigenvalue weighted by atomic mass is 32.1. The van der Waals surface area contributed by atoms with E-state index in [1.54, 1.807) is 6.20 Å². The van der Waals surface area contributed by atoms with Crippen LogP contribution in [0.5, 0.6) is 0 Å². The van der Waals surface area contributed by atoms with Crippen molar-refractivity contribution in [3.05, 3.63) is 35.5 Å². The number of fused-ring (bicyclic) bond motifs is 1. The Morgan fingerprint density at radius 1 is 1.33 bits per heavy atom. The first kappa shape index (κ1) is 15.4. The lowest BCUT2D eigenvalue weighted by molar-refractivity contribution is -0.140. The summed E-state index contributed by atoms with van der Waals surface area (Å²) in [5.41, 5.74) is 1.62. The Morgan fingerprint density at radius 3 is 3.08 bits per heavy atom. The summed E-state index contributed by atoms with van der Waals surface area (Å²) in [6.45, 7) is 0.566. The zero-order chi connectivity index (χ0) is 16.5. The molecule has 2 fully saturated rings. The van der Waals surface area contributed by atoms with Crippen LogP contribution >= 0.6 is 11.3 Å². The largest absolute Gasteiger partial charge is 0.338 e. The predicted molar refractivity (Wildman–Crippen MR) is 91.5 cm³/mol. The van der Waals surface area contributed by atoms with Crippen LogP contribution in [0.3, 0.4) is 0 Å². The van der Waals surface area contributed by atoms with Crippen LogP contribution in [0.25, 0.3) is 10.7 Å². The first-order valence-electron chi connectivity index (χ1n) is 8.40. The Bertz CT molecular complexity index is 759. The lowest BCUT2D eigenvalue weighted by Crippen LogP contribution is -2.50. The maximum atomic E-state index is 12.7. The molecule has 2 aromatic heterocycles. The second-order valence-electron chi connectivity index (χ2n) is 6.44. The number of ketones is 1. The van der Waals surface area contributed by atoms with Crippen molar-refractivity contribution in [1.29, 1.82) is 0 Å². The maximum Gasteiger partial charge on any atom is 0.228 e. The van der Waals surface area contributed by atoms with E-state index in [0.717, 1.165) is 35.7 Å². The molecule has 2 atom stereocenters. The molecule has 3 heterocycles. The first-order chi connectivity index (χ1) is 11.7. The minimum Gasteiger partial charge on any atom is -0.338 e. The van der Waals surface area contributed by atoms with Crippen LogP contribution in [0.4, 0.5) is 0 Å². The number of amides is 1. The highest BCUT2D eigenvalue weighted by molar-refractivity contribution is 7.13. The van der Waals surface area contributed by atoms with Gasteiger partial charge in [-0.15, -0.1) is 11.3 Å². The van der Waals surface area contributed by atoms with Gasteiger partial charge in [-0.05, 0) is 25.0 Å².